The fourth-order valence-corrected chi connectivity index (χ4v) is 3.42. The zero-order chi connectivity index (χ0) is 16.9. The van der Waals surface area contributed by atoms with Crippen LogP contribution in [-0.2, 0) is 16.1 Å². The number of esters is 1. The molecule has 0 amide bonds. The molecule has 0 spiro atoms. The van der Waals surface area contributed by atoms with Crippen molar-refractivity contribution in [3.63, 3.8) is 0 Å². The van der Waals surface area contributed by atoms with Crippen LogP contribution < -0.4 is 0 Å². The van der Waals surface area contributed by atoms with Gasteiger partial charge in [-0.2, -0.15) is 0 Å². The molecule has 2 unspecified atom stereocenters. The molecule has 1 saturated heterocycles. The molecule has 4 heteroatoms. The monoisotopic (exact) mass is 327 g/mol. The molecule has 2 atom stereocenters. The lowest BCUT2D eigenvalue weighted by molar-refractivity contribution is -0.148. The lowest BCUT2D eigenvalue weighted by Crippen LogP contribution is -2.25. The van der Waals surface area contributed by atoms with Crippen molar-refractivity contribution in [2.24, 2.45) is 5.92 Å². The van der Waals surface area contributed by atoms with Crippen molar-refractivity contribution in [2.75, 3.05) is 19.7 Å². The van der Waals surface area contributed by atoms with Crippen molar-refractivity contribution in [1.29, 1.82) is 0 Å². The van der Waals surface area contributed by atoms with Gasteiger partial charge in [-0.05, 0) is 30.2 Å². The van der Waals surface area contributed by atoms with Gasteiger partial charge >= 0.3 is 5.97 Å². The molecule has 2 aromatic rings. The van der Waals surface area contributed by atoms with E-state index in [9.17, 15) is 9.18 Å². The summed E-state index contributed by atoms with van der Waals surface area (Å²) in [5, 5.41) is 0. The molecule has 126 valence electrons. The molecule has 0 bridgehead atoms. The van der Waals surface area contributed by atoms with Crippen LogP contribution in [0.1, 0.15) is 24.0 Å². The Bertz CT molecular complexity index is 689. The third kappa shape index (κ3) is 3.82. The minimum absolute atomic E-state index is 0.0385. The van der Waals surface area contributed by atoms with Crippen LogP contribution in [0.5, 0.6) is 0 Å². The number of rotatable bonds is 5. The maximum atomic E-state index is 13.6. The zero-order valence-electron chi connectivity index (χ0n) is 13.8. The van der Waals surface area contributed by atoms with Gasteiger partial charge in [-0.1, -0.05) is 42.5 Å². The van der Waals surface area contributed by atoms with Gasteiger partial charge in [0.15, 0.2) is 0 Å². The topological polar surface area (TPSA) is 29.5 Å². The van der Waals surface area contributed by atoms with Gasteiger partial charge in [0, 0.05) is 25.6 Å². The SMILES string of the molecule is CCOC(=O)C1CN(Cc2ccccc2)CC1c1cccc(F)c1. The second kappa shape index (κ2) is 7.58. The summed E-state index contributed by atoms with van der Waals surface area (Å²) < 4.78 is 18.9. The van der Waals surface area contributed by atoms with Crippen LogP contribution >= 0.6 is 0 Å². The summed E-state index contributed by atoms with van der Waals surface area (Å²) in [5.41, 5.74) is 2.07. The quantitative estimate of drug-likeness (QED) is 0.786. The molecule has 3 rings (SSSR count). The molecule has 1 aliphatic rings. The van der Waals surface area contributed by atoms with Crippen LogP contribution in [0.15, 0.2) is 54.6 Å². The summed E-state index contributed by atoms with van der Waals surface area (Å²) in [5.74, 6) is -0.752. The fourth-order valence-electron chi connectivity index (χ4n) is 3.42. The summed E-state index contributed by atoms with van der Waals surface area (Å²) in [7, 11) is 0. The Morgan fingerprint density at radius 3 is 2.67 bits per heavy atom. The number of hydrogen-bond donors (Lipinski definition) is 0. The number of likely N-dealkylation sites (tertiary alicyclic amines) is 1. The van der Waals surface area contributed by atoms with E-state index in [2.05, 4.69) is 17.0 Å². The van der Waals surface area contributed by atoms with Gasteiger partial charge in [-0.25, -0.2) is 4.39 Å². The van der Waals surface area contributed by atoms with Gasteiger partial charge in [-0.15, -0.1) is 0 Å². The lowest BCUT2D eigenvalue weighted by atomic mass is 9.89. The highest BCUT2D eigenvalue weighted by Crippen LogP contribution is 2.34. The molecule has 0 N–H and O–H groups in total. The number of nitrogens with zero attached hydrogens (tertiary/aromatic N) is 1. The molecular weight excluding hydrogens is 305 g/mol. The van der Waals surface area contributed by atoms with Gasteiger partial charge in [-0.3, -0.25) is 9.69 Å². The zero-order valence-corrected chi connectivity index (χ0v) is 13.8. The van der Waals surface area contributed by atoms with Crippen molar-refractivity contribution < 1.29 is 13.9 Å². The lowest BCUT2D eigenvalue weighted by Gasteiger charge is -2.17. The molecule has 24 heavy (non-hydrogen) atoms. The Morgan fingerprint density at radius 2 is 1.96 bits per heavy atom. The maximum absolute atomic E-state index is 13.6. The minimum Gasteiger partial charge on any atom is -0.466 e. The van der Waals surface area contributed by atoms with Crippen molar-refractivity contribution in [2.45, 2.75) is 19.4 Å². The van der Waals surface area contributed by atoms with E-state index in [0.29, 0.717) is 13.2 Å². The summed E-state index contributed by atoms with van der Waals surface area (Å²) >= 11 is 0. The van der Waals surface area contributed by atoms with Crippen molar-refractivity contribution in [1.82, 2.24) is 4.90 Å². The van der Waals surface area contributed by atoms with Crippen molar-refractivity contribution in [3.8, 4) is 0 Å². The van der Waals surface area contributed by atoms with E-state index in [4.69, 9.17) is 4.74 Å². The van der Waals surface area contributed by atoms with E-state index in [1.807, 2.05) is 31.2 Å². The van der Waals surface area contributed by atoms with Crippen LogP contribution in [0.3, 0.4) is 0 Å². The average Bonchev–Trinajstić information content (AvgIpc) is 3.00. The fraction of sp³-hybridized carbons (Fsp3) is 0.350. The van der Waals surface area contributed by atoms with Crippen molar-refractivity contribution in [3.05, 3.63) is 71.5 Å². The Hall–Kier alpha value is -2.20. The van der Waals surface area contributed by atoms with E-state index in [0.717, 1.165) is 18.7 Å². The summed E-state index contributed by atoms with van der Waals surface area (Å²) in [6.07, 6.45) is 0. The van der Waals surface area contributed by atoms with E-state index in [1.165, 1.54) is 17.7 Å². The third-order valence-corrected chi connectivity index (χ3v) is 4.51. The number of carbonyl (C=O) groups is 1. The summed E-state index contributed by atoms with van der Waals surface area (Å²) in [6, 6.07) is 16.7. The highest BCUT2D eigenvalue weighted by atomic mass is 19.1. The number of carbonyl (C=O) groups excluding carboxylic acids is 1. The normalized spacial score (nSPS) is 20.9. The first-order valence-electron chi connectivity index (χ1n) is 8.35. The van der Waals surface area contributed by atoms with Crippen LogP contribution in [0.4, 0.5) is 4.39 Å². The second-order valence-electron chi connectivity index (χ2n) is 6.20. The largest absolute Gasteiger partial charge is 0.466 e. The van der Waals surface area contributed by atoms with E-state index >= 15 is 0 Å². The maximum Gasteiger partial charge on any atom is 0.310 e. The third-order valence-electron chi connectivity index (χ3n) is 4.51. The average molecular weight is 327 g/mol. The van der Waals surface area contributed by atoms with Crippen LogP contribution in [0.2, 0.25) is 0 Å². The molecule has 1 aliphatic heterocycles. The first kappa shape index (κ1) is 16.7. The standard InChI is InChI=1S/C20H22FNO2/c1-2-24-20(23)19-14-22(12-15-7-4-3-5-8-15)13-18(19)16-9-6-10-17(21)11-16/h3-11,18-19H,2,12-14H2,1H3. The molecule has 3 nitrogen and oxygen atoms in total. The highest BCUT2D eigenvalue weighted by Gasteiger charge is 2.39. The van der Waals surface area contributed by atoms with Gasteiger partial charge < -0.3 is 4.74 Å². The molecule has 0 aromatic heterocycles. The van der Waals surface area contributed by atoms with Crippen LogP contribution in [0.25, 0.3) is 0 Å². The minimum atomic E-state index is -0.267. The van der Waals surface area contributed by atoms with Gasteiger partial charge in [0.2, 0.25) is 0 Å². The molecular formula is C20H22FNO2. The Kier molecular flexibility index (Phi) is 5.26. The van der Waals surface area contributed by atoms with E-state index in [1.54, 1.807) is 6.07 Å². The first-order valence-corrected chi connectivity index (χ1v) is 8.35. The van der Waals surface area contributed by atoms with Gasteiger partial charge in [0.25, 0.3) is 0 Å². The predicted octanol–water partition coefficient (Wildman–Crippen LogP) is 3.60. The van der Waals surface area contributed by atoms with Gasteiger partial charge in [0.1, 0.15) is 5.82 Å². The molecule has 2 aromatic carbocycles. The predicted molar refractivity (Wildman–Crippen MR) is 91.0 cm³/mol. The highest BCUT2D eigenvalue weighted by molar-refractivity contribution is 5.74. The van der Waals surface area contributed by atoms with Crippen LogP contribution in [0, 0.1) is 11.7 Å². The Labute approximate surface area is 142 Å². The van der Waals surface area contributed by atoms with Crippen LogP contribution in [-0.4, -0.2) is 30.6 Å². The summed E-state index contributed by atoms with van der Waals surface area (Å²) in [6.45, 7) is 4.31. The summed E-state index contributed by atoms with van der Waals surface area (Å²) in [4.78, 5) is 14.6. The van der Waals surface area contributed by atoms with Crippen molar-refractivity contribution >= 4 is 5.97 Å². The number of ether oxygens (including phenoxy) is 1. The Morgan fingerprint density at radius 1 is 1.17 bits per heavy atom. The van der Waals surface area contributed by atoms with E-state index < -0.39 is 0 Å². The molecule has 0 saturated carbocycles. The number of benzene rings is 2. The molecule has 1 fully saturated rings. The molecule has 0 aliphatic carbocycles. The Balaban J connectivity index is 1.80. The smallest absolute Gasteiger partial charge is 0.310 e. The second-order valence-corrected chi connectivity index (χ2v) is 6.20. The van der Waals surface area contributed by atoms with Gasteiger partial charge in [0.05, 0.1) is 12.5 Å². The number of hydrogen-bond acceptors (Lipinski definition) is 3. The molecule has 0 radical (unpaired) electrons. The first-order chi connectivity index (χ1) is 11.7. The van der Waals surface area contributed by atoms with E-state index in [-0.39, 0.29) is 23.6 Å². The number of halogens is 1. The molecule has 1 heterocycles.